The van der Waals surface area contributed by atoms with Gasteiger partial charge in [-0.05, 0) is 37.9 Å². The first kappa shape index (κ1) is 14.7. The molecule has 0 saturated carbocycles. The van der Waals surface area contributed by atoms with E-state index in [9.17, 15) is 4.79 Å². The lowest BCUT2D eigenvalue weighted by Crippen LogP contribution is -2.40. The number of hydrogen-bond donors (Lipinski definition) is 1. The first-order valence-electron chi connectivity index (χ1n) is 7.56. The zero-order chi connectivity index (χ0) is 15.4. The van der Waals surface area contributed by atoms with Gasteiger partial charge in [-0.3, -0.25) is 9.69 Å². The molecule has 0 bridgehead atoms. The highest BCUT2D eigenvalue weighted by molar-refractivity contribution is 5.91. The molecule has 6 nitrogen and oxygen atoms in total. The van der Waals surface area contributed by atoms with Gasteiger partial charge in [-0.2, -0.15) is 0 Å². The molecule has 1 unspecified atom stereocenters. The predicted molar refractivity (Wildman–Crippen MR) is 82.1 cm³/mol. The van der Waals surface area contributed by atoms with Crippen LogP contribution in [0.25, 0.3) is 0 Å². The van der Waals surface area contributed by atoms with Crippen molar-refractivity contribution in [2.24, 2.45) is 5.92 Å². The first-order valence-corrected chi connectivity index (χ1v) is 7.56. The maximum Gasteiger partial charge on any atom is 0.229 e. The number of nitrogens with zero attached hydrogens (tertiary/aromatic N) is 3. The van der Waals surface area contributed by atoms with Crippen LogP contribution < -0.4 is 5.32 Å². The fourth-order valence-corrected chi connectivity index (χ4v) is 2.73. The number of hydrogen-bond acceptors (Lipinski definition) is 5. The number of carbonyl (C=O) groups excluding carboxylic acids is 1. The average molecular weight is 300 g/mol. The maximum absolute atomic E-state index is 12.4. The molecule has 0 aliphatic carbocycles. The summed E-state index contributed by atoms with van der Waals surface area (Å²) in [4.78, 5) is 18.9. The van der Waals surface area contributed by atoms with Gasteiger partial charge in [0.2, 0.25) is 5.91 Å². The molecule has 1 aliphatic rings. The molecule has 0 spiro atoms. The van der Waals surface area contributed by atoms with Gasteiger partial charge in [-0.1, -0.05) is 11.2 Å². The number of rotatable bonds is 4. The third-order valence-corrected chi connectivity index (χ3v) is 3.92. The molecule has 1 aliphatic heterocycles. The predicted octanol–water partition coefficient (Wildman–Crippen LogP) is 2.23. The molecule has 6 heteroatoms. The van der Waals surface area contributed by atoms with Gasteiger partial charge < -0.3 is 9.84 Å². The Morgan fingerprint density at radius 1 is 1.45 bits per heavy atom. The molecule has 0 aromatic carbocycles. The van der Waals surface area contributed by atoms with Gasteiger partial charge in [0.05, 0.1) is 11.6 Å². The number of aromatic nitrogens is 2. The summed E-state index contributed by atoms with van der Waals surface area (Å²) in [7, 11) is 0. The largest absolute Gasteiger partial charge is 0.364 e. The fourth-order valence-electron chi connectivity index (χ4n) is 2.73. The zero-order valence-electron chi connectivity index (χ0n) is 12.7. The van der Waals surface area contributed by atoms with E-state index in [1.807, 2.05) is 25.1 Å². The molecule has 1 atom stereocenters. The Kier molecular flexibility index (Phi) is 4.48. The minimum Gasteiger partial charge on any atom is -0.364 e. The molecule has 1 saturated heterocycles. The van der Waals surface area contributed by atoms with Crippen molar-refractivity contribution in [3.63, 3.8) is 0 Å². The van der Waals surface area contributed by atoms with Crippen molar-refractivity contribution in [2.75, 3.05) is 18.4 Å². The lowest BCUT2D eigenvalue weighted by atomic mass is 9.97. The van der Waals surface area contributed by atoms with Crippen LogP contribution in [0.2, 0.25) is 0 Å². The minimum absolute atomic E-state index is 0.0104. The topological polar surface area (TPSA) is 71.3 Å². The van der Waals surface area contributed by atoms with Crippen LogP contribution in [0.1, 0.15) is 24.1 Å². The van der Waals surface area contributed by atoms with Crippen LogP contribution in [0.15, 0.2) is 35.2 Å². The number of amides is 1. The number of nitrogens with one attached hydrogen (secondary N) is 1. The lowest BCUT2D eigenvalue weighted by Gasteiger charge is -2.31. The summed E-state index contributed by atoms with van der Waals surface area (Å²) in [6.07, 6.45) is 5.25. The van der Waals surface area contributed by atoms with Crippen LogP contribution in [0.5, 0.6) is 0 Å². The standard InChI is InChI=1S/C16H20N4O2/c1-12-4-5-15(17-9-12)18-16(21)13-3-2-7-20(10-13)11-14-6-8-22-19-14/h4-6,8-9,13H,2-3,7,10-11H2,1H3,(H,17,18,21). The van der Waals surface area contributed by atoms with Gasteiger partial charge in [0.15, 0.2) is 0 Å². The molecule has 0 radical (unpaired) electrons. The summed E-state index contributed by atoms with van der Waals surface area (Å²) in [6.45, 7) is 4.43. The SMILES string of the molecule is Cc1ccc(NC(=O)C2CCCN(Cc3ccon3)C2)nc1. The number of carbonyl (C=O) groups is 1. The van der Waals surface area contributed by atoms with E-state index in [0.717, 1.165) is 43.7 Å². The third-order valence-electron chi connectivity index (χ3n) is 3.92. The van der Waals surface area contributed by atoms with E-state index < -0.39 is 0 Å². The number of pyridine rings is 1. The van der Waals surface area contributed by atoms with E-state index in [2.05, 4.69) is 20.4 Å². The highest BCUT2D eigenvalue weighted by Gasteiger charge is 2.26. The van der Waals surface area contributed by atoms with Crippen LogP contribution in [0.3, 0.4) is 0 Å². The number of piperidine rings is 1. The molecule has 1 fully saturated rings. The van der Waals surface area contributed by atoms with Crippen molar-refractivity contribution in [1.82, 2.24) is 15.0 Å². The maximum atomic E-state index is 12.4. The molecule has 3 heterocycles. The van der Waals surface area contributed by atoms with E-state index in [4.69, 9.17) is 4.52 Å². The molecular weight excluding hydrogens is 280 g/mol. The van der Waals surface area contributed by atoms with E-state index in [0.29, 0.717) is 5.82 Å². The third kappa shape index (κ3) is 3.71. The molecule has 22 heavy (non-hydrogen) atoms. The van der Waals surface area contributed by atoms with Gasteiger partial charge >= 0.3 is 0 Å². The minimum atomic E-state index is -0.0104. The zero-order valence-corrected chi connectivity index (χ0v) is 12.7. The van der Waals surface area contributed by atoms with E-state index in [1.54, 1.807) is 12.5 Å². The Bertz CT molecular complexity index is 610. The van der Waals surface area contributed by atoms with Crippen molar-refractivity contribution < 1.29 is 9.32 Å². The number of likely N-dealkylation sites (tertiary alicyclic amines) is 1. The van der Waals surface area contributed by atoms with Crippen LogP contribution in [0.4, 0.5) is 5.82 Å². The van der Waals surface area contributed by atoms with Gasteiger partial charge in [-0.25, -0.2) is 4.98 Å². The second kappa shape index (κ2) is 6.70. The number of anilines is 1. The van der Waals surface area contributed by atoms with Crippen LogP contribution in [-0.2, 0) is 11.3 Å². The Balaban J connectivity index is 1.56. The van der Waals surface area contributed by atoms with E-state index >= 15 is 0 Å². The fraction of sp³-hybridized carbons (Fsp3) is 0.438. The second-order valence-corrected chi connectivity index (χ2v) is 5.78. The van der Waals surface area contributed by atoms with Crippen molar-refractivity contribution >= 4 is 11.7 Å². The van der Waals surface area contributed by atoms with Gasteiger partial charge in [-0.15, -0.1) is 0 Å². The summed E-state index contributed by atoms with van der Waals surface area (Å²) in [5.41, 5.74) is 1.98. The summed E-state index contributed by atoms with van der Waals surface area (Å²) in [5.74, 6) is 0.647. The molecule has 116 valence electrons. The quantitative estimate of drug-likeness (QED) is 0.937. The molecule has 3 rings (SSSR count). The van der Waals surface area contributed by atoms with Crippen LogP contribution >= 0.6 is 0 Å². The molecule has 1 N–H and O–H groups in total. The Hall–Kier alpha value is -2.21. The lowest BCUT2D eigenvalue weighted by molar-refractivity contribution is -0.121. The highest BCUT2D eigenvalue weighted by Crippen LogP contribution is 2.19. The van der Waals surface area contributed by atoms with E-state index in [1.165, 1.54) is 0 Å². The van der Waals surface area contributed by atoms with Gasteiger partial charge in [0.25, 0.3) is 0 Å². The summed E-state index contributed by atoms with van der Waals surface area (Å²) < 4.78 is 4.85. The first-order chi connectivity index (χ1) is 10.7. The van der Waals surface area contributed by atoms with Gasteiger partial charge in [0, 0.05) is 25.4 Å². The average Bonchev–Trinajstić information content (AvgIpc) is 3.03. The molecule has 1 amide bonds. The van der Waals surface area contributed by atoms with Crippen molar-refractivity contribution in [2.45, 2.75) is 26.3 Å². The van der Waals surface area contributed by atoms with Gasteiger partial charge in [0.1, 0.15) is 12.1 Å². The van der Waals surface area contributed by atoms with Crippen molar-refractivity contribution in [1.29, 1.82) is 0 Å². The molecule has 2 aromatic heterocycles. The smallest absolute Gasteiger partial charge is 0.229 e. The van der Waals surface area contributed by atoms with E-state index in [-0.39, 0.29) is 11.8 Å². The summed E-state index contributed by atoms with van der Waals surface area (Å²) in [5, 5.41) is 6.84. The Morgan fingerprint density at radius 2 is 2.36 bits per heavy atom. The number of aryl methyl sites for hydroxylation is 1. The molecule has 2 aromatic rings. The molecular formula is C16H20N4O2. The Morgan fingerprint density at radius 3 is 3.09 bits per heavy atom. The summed E-state index contributed by atoms with van der Waals surface area (Å²) >= 11 is 0. The monoisotopic (exact) mass is 300 g/mol. The normalized spacial score (nSPS) is 19.0. The summed E-state index contributed by atoms with van der Waals surface area (Å²) in [6, 6.07) is 5.64. The van der Waals surface area contributed by atoms with Crippen LogP contribution in [0, 0.1) is 12.8 Å². The highest BCUT2D eigenvalue weighted by atomic mass is 16.5. The van der Waals surface area contributed by atoms with Crippen LogP contribution in [-0.4, -0.2) is 34.0 Å². The van der Waals surface area contributed by atoms with Crippen molar-refractivity contribution in [3.05, 3.63) is 41.9 Å². The van der Waals surface area contributed by atoms with Crippen molar-refractivity contribution in [3.8, 4) is 0 Å². The Labute approximate surface area is 129 Å². The second-order valence-electron chi connectivity index (χ2n) is 5.78.